The molecule has 34 heavy (non-hydrogen) atoms. The highest BCUT2D eigenvalue weighted by atomic mass is 35.5. The molecular weight excluding hydrogens is 452 g/mol. The van der Waals surface area contributed by atoms with Gasteiger partial charge >= 0.3 is 0 Å². The zero-order chi connectivity index (χ0) is 24.2. The molecule has 2 aromatic carbocycles. The fraction of sp³-hybridized carbons (Fsp3) is 0.200. The number of halogens is 1. The van der Waals surface area contributed by atoms with Crippen LogP contribution < -0.4 is 15.4 Å². The molecule has 0 spiro atoms. The average Bonchev–Trinajstić information content (AvgIpc) is 3.32. The number of aryl methyl sites for hydroxylation is 1. The number of nitrogens with one attached hydrogen (secondary N) is 2. The third-order valence-electron chi connectivity index (χ3n) is 5.17. The minimum absolute atomic E-state index is 0.220. The summed E-state index contributed by atoms with van der Waals surface area (Å²) in [6.45, 7) is 6.08. The number of carbonyl (C=O) groups excluding carboxylic acids is 1. The maximum Gasteiger partial charge on any atom is 0.255 e. The second-order valence-electron chi connectivity index (χ2n) is 8.05. The molecule has 2 heterocycles. The number of rotatable bonds is 7. The lowest BCUT2D eigenvalue weighted by Crippen LogP contribution is -2.12. The average molecular weight is 477 g/mol. The summed E-state index contributed by atoms with van der Waals surface area (Å²) in [5.74, 6) is 0.581. The number of anilines is 3. The Morgan fingerprint density at radius 1 is 1.12 bits per heavy atom. The third kappa shape index (κ3) is 5.18. The Bertz CT molecular complexity index is 1320. The van der Waals surface area contributed by atoms with Crippen molar-refractivity contribution in [1.29, 1.82) is 0 Å². The standard InChI is InChI=1S/C25H25ClN6O2/c1-15(2)32-14-18(12-28-32)23-20(26)13-27-25(31-23)30-21-10-7-17(11-22(21)34-4)24(33)29-19-8-5-16(3)6-9-19/h5-15H,1-4H3,(H,29,33)(H,27,30,31). The summed E-state index contributed by atoms with van der Waals surface area (Å²) in [4.78, 5) is 21.5. The first kappa shape index (κ1) is 23.3. The van der Waals surface area contributed by atoms with Crippen molar-refractivity contribution in [2.24, 2.45) is 0 Å². The Balaban J connectivity index is 1.55. The zero-order valence-corrected chi connectivity index (χ0v) is 20.1. The Morgan fingerprint density at radius 2 is 1.88 bits per heavy atom. The van der Waals surface area contributed by atoms with Crippen molar-refractivity contribution >= 4 is 34.8 Å². The third-order valence-corrected chi connectivity index (χ3v) is 5.44. The zero-order valence-electron chi connectivity index (χ0n) is 19.3. The van der Waals surface area contributed by atoms with Crippen LogP contribution in [0.2, 0.25) is 5.02 Å². The quantitative estimate of drug-likeness (QED) is 0.345. The lowest BCUT2D eigenvalue weighted by molar-refractivity contribution is 0.102. The summed E-state index contributed by atoms with van der Waals surface area (Å²) in [5.41, 5.74) is 4.27. The van der Waals surface area contributed by atoms with E-state index in [0.717, 1.165) is 16.8 Å². The first-order chi connectivity index (χ1) is 16.3. The normalized spacial score (nSPS) is 10.9. The Kier molecular flexibility index (Phi) is 6.79. The van der Waals surface area contributed by atoms with Gasteiger partial charge in [0.2, 0.25) is 5.95 Å². The molecule has 0 atom stereocenters. The van der Waals surface area contributed by atoms with Gasteiger partial charge in [0, 0.05) is 29.1 Å². The van der Waals surface area contributed by atoms with Gasteiger partial charge in [-0.15, -0.1) is 0 Å². The smallest absolute Gasteiger partial charge is 0.255 e. The predicted molar refractivity (Wildman–Crippen MR) is 134 cm³/mol. The van der Waals surface area contributed by atoms with Gasteiger partial charge in [0.05, 0.1) is 35.9 Å². The summed E-state index contributed by atoms with van der Waals surface area (Å²) in [6.07, 6.45) is 5.15. The molecule has 4 aromatic rings. The van der Waals surface area contributed by atoms with Crippen molar-refractivity contribution in [3.05, 3.63) is 77.2 Å². The van der Waals surface area contributed by atoms with Gasteiger partial charge in [-0.3, -0.25) is 9.48 Å². The van der Waals surface area contributed by atoms with Crippen LogP contribution in [0.1, 0.15) is 35.8 Å². The molecule has 0 aliphatic rings. The number of ether oxygens (including phenoxy) is 1. The number of methoxy groups -OCH3 is 1. The summed E-state index contributed by atoms with van der Waals surface area (Å²) >= 11 is 6.35. The largest absolute Gasteiger partial charge is 0.495 e. The number of nitrogens with zero attached hydrogens (tertiary/aromatic N) is 4. The van der Waals surface area contributed by atoms with Gasteiger partial charge in [-0.25, -0.2) is 9.97 Å². The minimum atomic E-state index is -0.235. The Morgan fingerprint density at radius 3 is 2.56 bits per heavy atom. The second kappa shape index (κ2) is 9.93. The SMILES string of the molecule is COc1cc(C(=O)Nc2ccc(C)cc2)ccc1Nc1ncc(Cl)c(-c2cnn(C(C)C)c2)n1. The van der Waals surface area contributed by atoms with E-state index in [1.165, 1.54) is 13.3 Å². The van der Waals surface area contributed by atoms with E-state index in [-0.39, 0.29) is 11.9 Å². The molecule has 2 N–H and O–H groups in total. The van der Waals surface area contributed by atoms with Crippen molar-refractivity contribution in [1.82, 2.24) is 19.7 Å². The minimum Gasteiger partial charge on any atom is -0.495 e. The van der Waals surface area contributed by atoms with E-state index in [1.54, 1.807) is 24.4 Å². The summed E-state index contributed by atoms with van der Waals surface area (Å²) in [7, 11) is 1.54. The molecular formula is C25H25ClN6O2. The van der Waals surface area contributed by atoms with Crippen LogP contribution in [0.15, 0.2) is 61.1 Å². The lowest BCUT2D eigenvalue weighted by Gasteiger charge is -2.13. The first-order valence-corrected chi connectivity index (χ1v) is 11.1. The number of carbonyl (C=O) groups is 1. The number of benzene rings is 2. The van der Waals surface area contributed by atoms with Gasteiger partial charge < -0.3 is 15.4 Å². The molecule has 0 aliphatic heterocycles. The van der Waals surface area contributed by atoms with E-state index >= 15 is 0 Å². The fourth-order valence-electron chi connectivity index (χ4n) is 3.27. The van der Waals surface area contributed by atoms with Crippen LogP contribution in [0.4, 0.5) is 17.3 Å². The van der Waals surface area contributed by atoms with Gasteiger partial charge in [0.1, 0.15) is 5.75 Å². The van der Waals surface area contributed by atoms with Gasteiger partial charge in [0.15, 0.2) is 0 Å². The Labute approximate surface area is 203 Å². The number of aromatic nitrogens is 4. The maximum atomic E-state index is 12.7. The van der Waals surface area contributed by atoms with Crippen LogP contribution in [-0.2, 0) is 0 Å². The number of hydrogen-bond donors (Lipinski definition) is 2. The van der Waals surface area contributed by atoms with E-state index in [1.807, 2.05) is 55.9 Å². The topological polar surface area (TPSA) is 94.0 Å². The molecule has 0 fully saturated rings. The molecule has 0 bridgehead atoms. The highest BCUT2D eigenvalue weighted by molar-refractivity contribution is 6.32. The number of amides is 1. The molecule has 174 valence electrons. The highest BCUT2D eigenvalue weighted by Crippen LogP contribution is 2.31. The van der Waals surface area contributed by atoms with Crippen molar-refractivity contribution in [3.8, 4) is 17.0 Å². The Hall–Kier alpha value is -3.91. The van der Waals surface area contributed by atoms with Crippen LogP contribution >= 0.6 is 11.6 Å². The predicted octanol–water partition coefficient (Wildman–Crippen LogP) is 5.89. The van der Waals surface area contributed by atoms with Crippen LogP contribution in [0.25, 0.3) is 11.3 Å². The molecule has 2 aromatic heterocycles. The fourth-order valence-corrected chi connectivity index (χ4v) is 3.47. The molecule has 9 heteroatoms. The van der Waals surface area contributed by atoms with Gasteiger partial charge in [0.25, 0.3) is 5.91 Å². The van der Waals surface area contributed by atoms with E-state index in [9.17, 15) is 4.79 Å². The molecule has 8 nitrogen and oxygen atoms in total. The van der Waals surface area contributed by atoms with Crippen LogP contribution in [-0.4, -0.2) is 32.8 Å². The molecule has 4 rings (SSSR count). The van der Waals surface area contributed by atoms with E-state index in [4.69, 9.17) is 16.3 Å². The highest BCUT2D eigenvalue weighted by Gasteiger charge is 2.15. The molecule has 0 aliphatic carbocycles. The molecule has 0 radical (unpaired) electrons. The molecule has 0 saturated heterocycles. The van der Waals surface area contributed by atoms with Crippen LogP contribution in [0, 0.1) is 6.92 Å². The van der Waals surface area contributed by atoms with Crippen LogP contribution in [0.3, 0.4) is 0 Å². The first-order valence-electron chi connectivity index (χ1n) is 10.7. The number of hydrogen-bond acceptors (Lipinski definition) is 6. The van der Waals surface area contributed by atoms with Gasteiger partial charge in [-0.1, -0.05) is 29.3 Å². The second-order valence-corrected chi connectivity index (χ2v) is 8.46. The lowest BCUT2D eigenvalue weighted by atomic mass is 10.1. The van der Waals surface area contributed by atoms with Crippen molar-refractivity contribution in [2.45, 2.75) is 26.8 Å². The van der Waals surface area contributed by atoms with E-state index in [0.29, 0.717) is 33.7 Å². The van der Waals surface area contributed by atoms with Gasteiger partial charge in [-0.05, 0) is 51.1 Å². The summed E-state index contributed by atoms with van der Waals surface area (Å²) in [6, 6.07) is 12.9. The summed E-state index contributed by atoms with van der Waals surface area (Å²) < 4.78 is 7.34. The van der Waals surface area contributed by atoms with E-state index in [2.05, 4.69) is 25.7 Å². The van der Waals surface area contributed by atoms with Crippen LogP contribution in [0.5, 0.6) is 5.75 Å². The van der Waals surface area contributed by atoms with Crippen molar-refractivity contribution in [3.63, 3.8) is 0 Å². The molecule has 0 saturated carbocycles. The van der Waals surface area contributed by atoms with E-state index < -0.39 is 0 Å². The summed E-state index contributed by atoms with van der Waals surface area (Å²) in [5, 5.41) is 10.8. The van der Waals surface area contributed by atoms with Gasteiger partial charge in [-0.2, -0.15) is 5.10 Å². The molecule has 0 unspecified atom stereocenters. The maximum absolute atomic E-state index is 12.7. The molecule has 1 amide bonds. The monoisotopic (exact) mass is 476 g/mol. The van der Waals surface area contributed by atoms with Crippen molar-refractivity contribution < 1.29 is 9.53 Å². The van der Waals surface area contributed by atoms with Crippen molar-refractivity contribution in [2.75, 3.05) is 17.7 Å².